The smallest absolute Gasteiger partial charge is 0.192 e. The van der Waals surface area contributed by atoms with Gasteiger partial charge in [-0.2, -0.15) is 0 Å². The highest BCUT2D eigenvalue weighted by Crippen LogP contribution is 2.24. The van der Waals surface area contributed by atoms with E-state index in [4.69, 9.17) is 14.1 Å². The maximum atomic E-state index is 6.05. The lowest BCUT2D eigenvalue weighted by Gasteiger charge is -2.12. The van der Waals surface area contributed by atoms with Gasteiger partial charge in [-0.15, -0.1) is 10.2 Å². The van der Waals surface area contributed by atoms with Crippen molar-refractivity contribution in [2.45, 2.75) is 33.4 Å². The van der Waals surface area contributed by atoms with E-state index in [9.17, 15) is 0 Å². The first-order valence-corrected chi connectivity index (χ1v) is 11.0. The number of aromatic nitrogens is 3. The zero-order valence-electron chi connectivity index (χ0n) is 19.6. The SMILES string of the molecule is COc1ccc(CCNC(=NCc2nnc(C)n2C)NCc2oc3ccccc3c2C)cc1. The van der Waals surface area contributed by atoms with Gasteiger partial charge in [-0.1, -0.05) is 30.3 Å². The van der Waals surface area contributed by atoms with Crippen LogP contribution in [-0.2, 0) is 26.6 Å². The number of nitrogens with one attached hydrogen (secondary N) is 2. The van der Waals surface area contributed by atoms with Gasteiger partial charge < -0.3 is 24.4 Å². The molecule has 0 radical (unpaired) electrons. The molecule has 2 heterocycles. The molecule has 4 rings (SSSR count). The second-order valence-corrected chi connectivity index (χ2v) is 7.91. The summed E-state index contributed by atoms with van der Waals surface area (Å²) >= 11 is 0. The number of hydrogen-bond acceptors (Lipinski definition) is 5. The summed E-state index contributed by atoms with van der Waals surface area (Å²) in [7, 11) is 3.62. The van der Waals surface area contributed by atoms with E-state index in [-0.39, 0.29) is 0 Å². The number of guanidine groups is 1. The van der Waals surface area contributed by atoms with Gasteiger partial charge in [-0.3, -0.25) is 0 Å². The lowest BCUT2D eigenvalue weighted by atomic mass is 10.1. The summed E-state index contributed by atoms with van der Waals surface area (Å²) in [5.74, 6) is 4.12. The van der Waals surface area contributed by atoms with Gasteiger partial charge in [0.05, 0.1) is 13.7 Å². The van der Waals surface area contributed by atoms with Crippen molar-refractivity contribution in [1.82, 2.24) is 25.4 Å². The number of fused-ring (bicyclic) bond motifs is 1. The van der Waals surface area contributed by atoms with E-state index in [1.165, 1.54) is 5.56 Å². The van der Waals surface area contributed by atoms with Crippen molar-refractivity contribution in [3.05, 3.63) is 77.1 Å². The van der Waals surface area contributed by atoms with Crippen LogP contribution in [0.2, 0.25) is 0 Å². The fraction of sp³-hybridized carbons (Fsp3) is 0.320. The maximum Gasteiger partial charge on any atom is 0.192 e. The van der Waals surface area contributed by atoms with Crippen LogP contribution in [0.3, 0.4) is 0 Å². The fourth-order valence-corrected chi connectivity index (χ4v) is 3.59. The Morgan fingerprint density at radius 2 is 1.85 bits per heavy atom. The highest BCUT2D eigenvalue weighted by molar-refractivity contribution is 5.83. The van der Waals surface area contributed by atoms with Crippen LogP contribution in [0.4, 0.5) is 0 Å². The zero-order chi connectivity index (χ0) is 23.2. The van der Waals surface area contributed by atoms with Crippen molar-refractivity contribution in [1.29, 1.82) is 0 Å². The number of aryl methyl sites for hydroxylation is 2. The Morgan fingerprint density at radius 3 is 2.55 bits per heavy atom. The molecule has 0 aliphatic rings. The number of para-hydroxylation sites is 1. The summed E-state index contributed by atoms with van der Waals surface area (Å²) in [6, 6.07) is 16.2. The number of ether oxygens (including phenoxy) is 1. The van der Waals surface area contributed by atoms with Crippen LogP contribution < -0.4 is 15.4 Å². The zero-order valence-corrected chi connectivity index (χ0v) is 19.6. The molecular formula is C25H30N6O2. The van der Waals surface area contributed by atoms with Gasteiger partial charge >= 0.3 is 0 Å². The summed E-state index contributed by atoms with van der Waals surface area (Å²) in [5, 5.41) is 16.3. The van der Waals surface area contributed by atoms with Crippen LogP contribution in [-0.4, -0.2) is 34.4 Å². The predicted molar refractivity (Wildman–Crippen MR) is 129 cm³/mol. The average molecular weight is 447 g/mol. The third kappa shape index (κ3) is 5.34. The van der Waals surface area contributed by atoms with Crippen LogP contribution in [0, 0.1) is 13.8 Å². The monoisotopic (exact) mass is 446 g/mol. The molecule has 8 heteroatoms. The summed E-state index contributed by atoms with van der Waals surface area (Å²) in [5.41, 5.74) is 3.26. The molecule has 4 aromatic rings. The number of methoxy groups -OCH3 is 1. The minimum atomic E-state index is 0.425. The van der Waals surface area contributed by atoms with E-state index in [0.29, 0.717) is 19.0 Å². The van der Waals surface area contributed by atoms with E-state index in [0.717, 1.165) is 52.7 Å². The topological polar surface area (TPSA) is 89.5 Å². The third-order valence-corrected chi connectivity index (χ3v) is 5.79. The normalized spacial score (nSPS) is 11.7. The van der Waals surface area contributed by atoms with Crippen LogP contribution in [0.25, 0.3) is 11.0 Å². The Morgan fingerprint density at radius 1 is 1.06 bits per heavy atom. The summed E-state index contributed by atoms with van der Waals surface area (Å²) in [6.45, 7) is 5.70. The van der Waals surface area contributed by atoms with Crippen LogP contribution in [0.15, 0.2) is 57.9 Å². The Hall–Kier alpha value is -3.81. The van der Waals surface area contributed by atoms with Crippen molar-refractivity contribution in [2.24, 2.45) is 12.0 Å². The van der Waals surface area contributed by atoms with Gasteiger partial charge in [0.1, 0.15) is 29.5 Å². The van der Waals surface area contributed by atoms with Gasteiger partial charge in [0.15, 0.2) is 11.8 Å². The molecule has 8 nitrogen and oxygen atoms in total. The number of furan rings is 1. The van der Waals surface area contributed by atoms with Gasteiger partial charge in [0.25, 0.3) is 0 Å². The Bertz CT molecular complexity index is 1240. The number of rotatable bonds is 8. The summed E-state index contributed by atoms with van der Waals surface area (Å²) in [6.07, 6.45) is 0.859. The maximum absolute atomic E-state index is 6.05. The van der Waals surface area contributed by atoms with E-state index in [1.807, 2.05) is 48.9 Å². The van der Waals surface area contributed by atoms with E-state index < -0.39 is 0 Å². The molecule has 0 saturated carbocycles. The minimum absolute atomic E-state index is 0.425. The summed E-state index contributed by atoms with van der Waals surface area (Å²) in [4.78, 5) is 4.73. The summed E-state index contributed by atoms with van der Waals surface area (Å²) < 4.78 is 13.2. The number of nitrogens with zero attached hydrogens (tertiary/aromatic N) is 4. The van der Waals surface area contributed by atoms with Crippen molar-refractivity contribution >= 4 is 16.9 Å². The van der Waals surface area contributed by atoms with E-state index in [1.54, 1.807) is 7.11 Å². The van der Waals surface area contributed by atoms with Gasteiger partial charge in [-0.25, -0.2) is 4.99 Å². The van der Waals surface area contributed by atoms with Crippen molar-refractivity contribution in [3.63, 3.8) is 0 Å². The average Bonchev–Trinajstić information content (AvgIpc) is 3.34. The number of benzene rings is 2. The highest BCUT2D eigenvalue weighted by Gasteiger charge is 2.11. The molecule has 0 aliphatic carbocycles. The second-order valence-electron chi connectivity index (χ2n) is 7.91. The Balaban J connectivity index is 1.44. The van der Waals surface area contributed by atoms with Crippen molar-refractivity contribution in [3.8, 4) is 5.75 Å². The van der Waals surface area contributed by atoms with E-state index >= 15 is 0 Å². The molecule has 0 atom stereocenters. The molecule has 0 aliphatic heterocycles. The first kappa shape index (κ1) is 22.4. The molecule has 2 aromatic heterocycles. The molecule has 2 aromatic carbocycles. The molecule has 0 amide bonds. The first-order chi connectivity index (χ1) is 16.0. The van der Waals surface area contributed by atoms with Gasteiger partial charge in [0.2, 0.25) is 0 Å². The Labute approximate surface area is 193 Å². The number of aliphatic imine (C=N–C) groups is 1. The van der Waals surface area contributed by atoms with Crippen molar-refractivity contribution in [2.75, 3.05) is 13.7 Å². The van der Waals surface area contributed by atoms with Gasteiger partial charge in [0, 0.05) is 24.5 Å². The molecule has 0 fully saturated rings. The molecular weight excluding hydrogens is 416 g/mol. The highest BCUT2D eigenvalue weighted by atomic mass is 16.5. The van der Waals surface area contributed by atoms with Crippen LogP contribution >= 0.6 is 0 Å². The quantitative estimate of drug-likeness (QED) is 0.317. The molecule has 0 saturated heterocycles. The standard InChI is InChI=1S/C25H30N6O2/c1-17-21-7-5-6-8-22(21)33-23(17)15-27-25(28-16-24-30-29-18(2)31(24)3)26-14-13-19-9-11-20(32-4)12-10-19/h5-12H,13-16H2,1-4H3,(H2,26,27,28). The fourth-order valence-electron chi connectivity index (χ4n) is 3.59. The predicted octanol–water partition coefficient (Wildman–Crippen LogP) is 3.66. The molecule has 0 bridgehead atoms. The molecule has 0 spiro atoms. The number of hydrogen-bond donors (Lipinski definition) is 2. The minimum Gasteiger partial charge on any atom is -0.497 e. The largest absolute Gasteiger partial charge is 0.497 e. The third-order valence-electron chi connectivity index (χ3n) is 5.79. The van der Waals surface area contributed by atoms with Crippen LogP contribution in [0.1, 0.15) is 28.5 Å². The molecule has 0 unspecified atom stereocenters. The molecule has 33 heavy (non-hydrogen) atoms. The lowest BCUT2D eigenvalue weighted by molar-refractivity contribution is 0.414. The Kier molecular flexibility index (Phi) is 6.92. The second kappa shape index (κ2) is 10.2. The van der Waals surface area contributed by atoms with Crippen molar-refractivity contribution < 1.29 is 9.15 Å². The molecule has 172 valence electrons. The lowest BCUT2D eigenvalue weighted by Crippen LogP contribution is -2.38. The molecule has 2 N–H and O–H groups in total. The van der Waals surface area contributed by atoms with Gasteiger partial charge in [-0.05, 0) is 44.0 Å². The van der Waals surface area contributed by atoms with Crippen LogP contribution in [0.5, 0.6) is 5.75 Å². The van der Waals surface area contributed by atoms with E-state index in [2.05, 4.69) is 46.0 Å². The first-order valence-electron chi connectivity index (χ1n) is 11.0.